The maximum atomic E-state index is 13.7. The molecular weight excluding hydrogens is 488 g/mol. The molecule has 2 aromatic rings. The molecule has 1 saturated heterocycles. The highest BCUT2D eigenvalue weighted by Crippen LogP contribution is 2.27. The number of nitrogens with one attached hydrogen (secondary N) is 1. The minimum absolute atomic E-state index is 0.0840. The number of carbonyl (C=O) groups is 3. The van der Waals surface area contributed by atoms with Gasteiger partial charge in [-0.15, -0.1) is 11.3 Å². The first-order chi connectivity index (χ1) is 17.5. The van der Waals surface area contributed by atoms with E-state index in [1.807, 2.05) is 64.4 Å². The summed E-state index contributed by atoms with van der Waals surface area (Å²) in [7, 11) is 1.66. The van der Waals surface area contributed by atoms with Crippen molar-refractivity contribution < 1.29 is 19.5 Å². The highest BCUT2D eigenvalue weighted by atomic mass is 32.1. The highest BCUT2D eigenvalue weighted by Gasteiger charge is 2.42. The molecule has 9 heteroatoms. The van der Waals surface area contributed by atoms with Gasteiger partial charge in [0.1, 0.15) is 12.1 Å². The number of aryl methyl sites for hydroxylation is 1. The predicted molar refractivity (Wildman–Crippen MR) is 146 cm³/mol. The molecule has 2 heterocycles. The summed E-state index contributed by atoms with van der Waals surface area (Å²) in [5, 5.41) is 13.3. The third-order valence-electron chi connectivity index (χ3n) is 6.72. The first-order valence-electron chi connectivity index (χ1n) is 13.0. The van der Waals surface area contributed by atoms with Crippen molar-refractivity contribution in [1.82, 2.24) is 20.1 Å². The molecule has 0 spiro atoms. The molecule has 1 aromatic heterocycles. The van der Waals surface area contributed by atoms with Crippen molar-refractivity contribution in [1.29, 1.82) is 0 Å². The summed E-state index contributed by atoms with van der Waals surface area (Å²) < 4.78 is 0. The number of β-amino-alcohol motifs (C(OH)–C–C–N with tert-alkyl or cyclic N) is 1. The van der Waals surface area contributed by atoms with Crippen LogP contribution in [0.15, 0.2) is 29.8 Å². The van der Waals surface area contributed by atoms with Crippen molar-refractivity contribution in [3.05, 3.63) is 41.0 Å². The molecule has 0 aliphatic carbocycles. The summed E-state index contributed by atoms with van der Waals surface area (Å²) in [6, 6.07) is 6.51. The van der Waals surface area contributed by atoms with Crippen LogP contribution in [0.1, 0.15) is 58.2 Å². The van der Waals surface area contributed by atoms with Crippen LogP contribution in [0.25, 0.3) is 10.4 Å². The molecule has 3 atom stereocenters. The Morgan fingerprint density at radius 3 is 2.41 bits per heavy atom. The third kappa shape index (κ3) is 7.38. The first kappa shape index (κ1) is 28.8. The molecule has 202 valence electrons. The number of benzene rings is 1. The van der Waals surface area contributed by atoms with E-state index < -0.39 is 18.2 Å². The van der Waals surface area contributed by atoms with Gasteiger partial charge in [-0.3, -0.25) is 14.4 Å². The minimum atomic E-state index is -0.780. The second-order valence-electron chi connectivity index (χ2n) is 10.8. The minimum Gasteiger partial charge on any atom is -0.391 e. The summed E-state index contributed by atoms with van der Waals surface area (Å²) in [6.07, 6.45) is 0.245. The van der Waals surface area contributed by atoms with Crippen LogP contribution < -0.4 is 5.32 Å². The maximum absolute atomic E-state index is 13.7. The Bertz CT molecular complexity index is 1080. The molecule has 0 saturated carbocycles. The summed E-state index contributed by atoms with van der Waals surface area (Å²) >= 11 is 1.59. The molecule has 8 nitrogen and oxygen atoms in total. The van der Waals surface area contributed by atoms with E-state index in [9.17, 15) is 19.5 Å². The number of likely N-dealkylation sites (tertiary alicyclic amines) is 1. The van der Waals surface area contributed by atoms with Gasteiger partial charge in [-0.05, 0) is 36.3 Å². The number of nitrogens with zero attached hydrogens (tertiary/aromatic N) is 3. The summed E-state index contributed by atoms with van der Waals surface area (Å²) in [5.41, 5.74) is 4.83. The molecule has 1 fully saturated rings. The zero-order valence-corrected chi connectivity index (χ0v) is 23.5. The average molecular weight is 529 g/mol. The van der Waals surface area contributed by atoms with Crippen molar-refractivity contribution in [2.45, 2.75) is 78.6 Å². The number of aliphatic hydroxyl groups excluding tert-OH is 1. The Balaban J connectivity index is 1.68. The second-order valence-corrected chi connectivity index (χ2v) is 11.7. The van der Waals surface area contributed by atoms with Gasteiger partial charge in [-0.2, -0.15) is 0 Å². The SMILES string of the molecule is Cc1ncsc1-c1ccc(CNC(=O)C2CC(O)CN2C(=O)C(CC(C)C)N(C)C(=O)CC(C)C)cc1. The van der Waals surface area contributed by atoms with E-state index in [-0.39, 0.29) is 42.5 Å². The van der Waals surface area contributed by atoms with Crippen molar-refractivity contribution in [2.24, 2.45) is 11.8 Å². The number of thiazole rings is 1. The Labute approximate surface area is 224 Å². The van der Waals surface area contributed by atoms with E-state index in [4.69, 9.17) is 0 Å². The summed E-state index contributed by atoms with van der Waals surface area (Å²) in [6.45, 7) is 10.3. The number of hydrogen-bond acceptors (Lipinski definition) is 6. The van der Waals surface area contributed by atoms with Crippen LogP contribution in [0.5, 0.6) is 0 Å². The van der Waals surface area contributed by atoms with Gasteiger partial charge in [0, 0.05) is 33.0 Å². The number of aliphatic hydroxyl groups is 1. The van der Waals surface area contributed by atoms with Crippen LogP contribution in [0.2, 0.25) is 0 Å². The van der Waals surface area contributed by atoms with Gasteiger partial charge >= 0.3 is 0 Å². The van der Waals surface area contributed by atoms with Crippen LogP contribution >= 0.6 is 11.3 Å². The van der Waals surface area contributed by atoms with Crippen molar-refractivity contribution in [3.8, 4) is 10.4 Å². The number of hydrogen-bond donors (Lipinski definition) is 2. The number of rotatable bonds is 10. The average Bonchev–Trinajstić information content (AvgIpc) is 3.45. The van der Waals surface area contributed by atoms with Crippen molar-refractivity contribution >= 4 is 29.1 Å². The summed E-state index contributed by atoms with van der Waals surface area (Å²) in [5.74, 6) is -0.315. The monoisotopic (exact) mass is 528 g/mol. The fraction of sp³-hybridized carbons (Fsp3) is 0.571. The molecule has 3 unspecified atom stereocenters. The Morgan fingerprint density at radius 1 is 1.16 bits per heavy atom. The van der Waals surface area contributed by atoms with Crippen molar-refractivity contribution in [3.63, 3.8) is 0 Å². The zero-order valence-electron chi connectivity index (χ0n) is 22.7. The normalized spacial score (nSPS) is 18.4. The van der Waals surface area contributed by atoms with Crippen LogP contribution in [-0.4, -0.2) is 69.4 Å². The van der Waals surface area contributed by atoms with E-state index >= 15 is 0 Å². The van der Waals surface area contributed by atoms with Gasteiger partial charge in [0.2, 0.25) is 17.7 Å². The zero-order chi connectivity index (χ0) is 27.3. The standard InChI is InChI=1S/C28H40N4O4S/c1-17(2)11-24(31(6)25(34)12-18(3)4)28(36)32-15-22(33)13-23(32)27(35)29-14-20-7-9-21(10-8-20)26-19(5)30-16-37-26/h7-10,16-18,22-24,33H,11-15H2,1-6H3,(H,29,35). The fourth-order valence-corrected chi connectivity index (χ4v) is 5.51. The predicted octanol–water partition coefficient (Wildman–Crippen LogP) is 3.62. The third-order valence-corrected chi connectivity index (χ3v) is 7.69. The van der Waals surface area contributed by atoms with Crippen molar-refractivity contribution in [2.75, 3.05) is 13.6 Å². The number of likely N-dealkylation sites (N-methyl/N-ethyl adjacent to an activating group) is 1. The lowest BCUT2D eigenvalue weighted by atomic mass is 9.99. The lowest BCUT2D eigenvalue weighted by Crippen LogP contribution is -2.54. The molecule has 0 bridgehead atoms. The van der Waals surface area contributed by atoms with Crippen LogP contribution in [0, 0.1) is 18.8 Å². The van der Waals surface area contributed by atoms with E-state index in [0.717, 1.165) is 21.7 Å². The molecule has 3 rings (SSSR count). The van der Waals surface area contributed by atoms with Crippen LogP contribution in [-0.2, 0) is 20.9 Å². The molecule has 1 aliphatic rings. The Kier molecular flexibility index (Phi) is 9.84. The molecule has 3 amide bonds. The van der Waals surface area contributed by atoms with Gasteiger partial charge in [-0.1, -0.05) is 52.0 Å². The van der Waals surface area contributed by atoms with E-state index in [1.165, 1.54) is 9.80 Å². The Morgan fingerprint density at radius 2 is 1.84 bits per heavy atom. The van der Waals surface area contributed by atoms with E-state index in [2.05, 4.69) is 10.3 Å². The Hall–Kier alpha value is -2.78. The molecule has 1 aliphatic heterocycles. The molecule has 1 aromatic carbocycles. The molecule has 2 N–H and O–H groups in total. The molecule has 37 heavy (non-hydrogen) atoms. The van der Waals surface area contributed by atoms with E-state index in [0.29, 0.717) is 19.4 Å². The van der Waals surface area contributed by atoms with Gasteiger partial charge in [0.15, 0.2) is 0 Å². The van der Waals surface area contributed by atoms with Gasteiger partial charge in [0.25, 0.3) is 0 Å². The number of carbonyl (C=O) groups excluding carboxylic acids is 3. The molecule has 0 radical (unpaired) electrons. The number of amides is 3. The van der Waals surface area contributed by atoms with Gasteiger partial charge in [0.05, 0.1) is 22.2 Å². The molecular formula is C28H40N4O4S. The fourth-order valence-electron chi connectivity index (χ4n) is 4.70. The largest absolute Gasteiger partial charge is 0.391 e. The highest BCUT2D eigenvalue weighted by molar-refractivity contribution is 7.13. The second kappa shape index (κ2) is 12.6. The topological polar surface area (TPSA) is 103 Å². The smallest absolute Gasteiger partial charge is 0.246 e. The lowest BCUT2D eigenvalue weighted by molar-refractivity contribution is -0.148. The first-order valence-corrected chi connectivity index (χ1v) is 13.9. The quantitative estimate of drug-likeness (QED) is 0.490. The number of aromatic nitrogens is 1. The summed E-state index contributed by atoms with van der Waals surface area (Å²) in [4.78, 5) is 48.0. The maximum Gasteiger partial charge on any atom is 0.246 e. The van der Waals surface area contributed by atoms with Gasteiger partial charge in [-0.25, -0.2) is 4.98 Å². The van der Waals surface area contributed by atoms with Gasteiger partial charge < -0.3 is 20.2 Å². The van der Waals surface area contributed by atoms with Crippen LogP contribution in [0.3, 0.4) is 0 Å². The lowest BCUT2D eigenvalue weighted by Gasteiger charge is -2.34. The van der Waals surface area contributed by atoms with Crippen LogP contribution in [0.4, 0.5) is 0 Å². The van der Waals surface area contributed by atoms with E-state index in [1.54, 1.807) is 18.4 Å².